The van der Waals surface area contributed by atoms with Crippen LogP contribution in [0.3, 0.4) is 0 Å². The quantitative estimate of drug-likeness (QED) is 0.494. The first kappa shape index (κ1) is 21.4. The predicted molar refractivity (Wildman–Crippen MR) is 135 cm³/mol. The number of rotatable bonds is 4. The van der Waals surface area contributed by atoms with E-state index in [2.05, 4.69) is 48.6 Å². The molecule has 1 unspecified atom stereocenters. The van der Waals surface area contributed by atoms with Crippen LogP contribution in [0.5, 0.6) is 0 Å². The maximum absolute atomic E-state index is 14.8. The number of allylic oxidation sites excluding steroid dienone is 2. The molecule has 0 radical (unpaired) electrons. The molecular weight excluding hydrogens is 409 g/mol. The van der Waals surface area contributed by atoms with Gasteiger partial charge in [0.2, 0.25) is 0 Å². The first-order chi connectivity index (χ1) is 16.1. The van der Waals surface area contributed by atoms with Gasteiger partial charge in [-0.15, -0.1) is 0 Å². The lowest BCUT2D eigenvalue weighted by Crippen LogP contribution is -2.15. The van der Waals surface area contributed by atoms with Gasteiger partial charge in [-0.2, -0.15) is 0 Å². The minimum Gasteiger partial charge on any atom is -0.340 e. The summed E-state index contributed by atoms with van der Waals surface area (Å²) < 4.78 is 14.8. The molecule has 1 aliphatic carbocycles. The molecular formula is C29H28FN3. The van der Waals surface area contributed by atoms with Crippen molar-refractivity contribution in [2.45, 2.75) is 32.1 Å². The van der Waals surface area contributed by atoms with Crippen molar-refractivity contribution in [2.75, 3.05) is 11.9 Å². The van der Waals surface area contributed by atoms with E-state index in [0.717, 1.165) is 58.7 Å². The van der Waals surface area contributed by atoms with Crippen molar-refractivity contribution in [3.63, 3.8) is 0 Å². The molecule has 3 nitrogen and oxygen atoms in total. The first-order valence-corrected chi connectivity index (χ1v) is 11.5. The zero-order valence-corrected chi connectivity index (χ0v) is 18.8. The fourth-order valence-corrected chi connectivity index (χ4v) is 4.82. The highest BCUT2D eigenvalue weighted by atomic mass is 19.1. The van der Waals surface area contributed by atoms with Crippen LogP contribution >= 0.6 is 0 Å². The zero-order chi connectivity index (χ0) is 22.8. The van der Waals surface area contributed by atoms with Crippen molar-refractivity contribution in [3.05, 3.63) is 118 Å². The number of aliphatic imine (C=N–C) groups is 1. The molecule has 0 saturated carbocycles. The lowest BCUT2D eigenvalue weighted by molar-refractivity contribution is 0.592. The second-order valence-corrected chi connectivity index (χ2v) is 8.73. The van der Waals surface area contributed by atoms with E-state index in [9.17, 15) is 4.39 Å². The second kappa shape index (κ2) is 9.16. The third-order valence-electron chi connectivity index (χ3n) is 6.53. The summed E-state index contributed by atoms with van der Waals surface area (Å²) in [6, 6.07) is 23.7. The summed E-state index contributed by atoms with van der Waals surface area (Å²) in [5, 5.41) is 3.53. The molecule has 2 aliphatic rings. The molecule has 3 N–H and O–H groups in total. The van der Waals surface area contributed by atoms with Gasteiger partial charge in [0.25, 0.3) is 0 Å². The van der Waals surface area contributed by atoms with Crippen LogP contribution in [-0.4, -0.2) is 12.4 Å². The van der Waals surface area contributed by atoms with Gasteiger partial charge < -0.3 is 11.1 Å². The number of anilines is 1. The maximum atomic E-state index is 14.8. The Morgan fingerprint density at radius 1 is 1.00 bits per heavy atom. The number of hydrogen-bond acceptors (Lipinski definition) is 3. The number of nitrogens with two attached hydrogens (primary N) is 1. The number of nitrogens with zero attached hydrogens (tertiary/aromatic N) is 1. The summed E-state index contributed by atoms with van der Waals surface area (Å²) in [6.45, 7) is 2.72. The van der Waals surface area contributed by atoms with Gasteiger partial charge in [-0.05, 0) is 78.8 Å². The summed E-state index contributed by atoms with van der Waals surface area (Å²) in [5.41, 5.74) is 14.3. The zero-order valence-electron chi connectivity index (χ0n) is 18.8. The molecule has 166 valence electrons. The number of fused-ring (bicyclic) bond motifs is 2. The molecule has 1 aliphatic heterocycles. The van der Waals surface area contributed by atoms with Crippen molar-refractivity contribution < 1.29 is 4.39 Å². The van der Waals surface area contributed by atoms with Crippen molar-refractivity contribution >= 4 is 17.2 Å². The fraction of sp³-hybridized carbons (Fsp3) is 0.207. The molecule has 0 bridgehead atoms. The Kier molecular flexibility index (Phi) is 5.93. The largest absolute Gasteiger partial charge is 0.340 e. The van der Waals surface area contributed by atoms with E-state index >= 15 is 0 Å². The Labute approximate surface area is 194 Å². The molecule has 0 aromatic heterocycles. The van der Waals surface area contributed by atoms with Crippen LogP contribution < -0.4 is 11.1 Å². The third-order valence-corrected chi connectivity index (χ3v) is 6.53. The Hall–Kier alpha value is -3.50. The number of halogens is 1. The minimum absolute atomic E-state index is 0.00694. The molecule has 4 heteroatoms. The Balaban J connectivity index is 1.56. The highest BCUT2D eigenvalue weighted by Crippen LogP contribution is 2.45. The van der Waals surface area contributed by atoms with Crippen LogP contribution in [0.1, 0.15) is 47.9 Å². The molecule has 1 heterocycles. The van der Waals surface area contributed by atoms with Crippen LogP contribution in [0.2, 0.25) is 0 Å². The lowest BCUT2D eigenvalue weighted by Gasteiger charge is -2.28. The number of benzene rings is 3. The normalized spacial score (nSPS) is 17.5. The van der Waals surface area contributed by atoms with Crippen molar-refractivity contribution in [2.24, 2.45) is 10.7 Å². The molecule has 0 saturated heterocycles. The van der Waals surface area contributed by atoms with Gasteiger partial charge in [0.1, 0.15) is 11.7 Å². The standard InChI is InChI=1S/C29H28FN3/c1-19-13-14-21-18-26(24-10-4-5-12-27(24)30)23-9-2-3-11-25(23)28(21)33-29(19)32-22-8-6-7-20(17-22)15-16-31/h2-13,17,26H,14-16,18,31H2,1H3,(H,32,33). The smallest absolute Gasteiger partial charge is 0.133 e. The van der Waals surface area contributed by atoms with Gasteiger partial charge >= 0.3 is 0 Å². The Morgan fingerprint density at radius 3 is 2.61 bits per heavy atom. The second-order valence-electron chi connectivity index (χ2n) is 8.73. The summed E-state index contributed by atoms with van der Waals surface area (Å²) in [7, 11) is 0. The van der Waals surface area contributed by atoms with Crippen molar-refractivity contribution in [1.29, 1.82) is 0 Å². The topological polar surface area (TPSA) is 50.4 Å². The van der Waals surface area contributed by atoms with Crippen LogP contribution in [-0.2, 0) is 6.42 Å². The summed E-state index contributed by atoms with van der Waals surface area (Å²) >= 11 is 0. The predicted octanol–water partition coefficient (Wildman–Crippen LogP) is 6.43. The molecule has 33 heavy (non-hydrogen) atoms. The molecule has 0 amide bonds. The summed E-state index contributed by atoms with van der Waals surface area (Å²) in [6.07, 6.45) is 4.64. The number of amidine groups is 1. The first-order valence-electron chi connectivity index (χ1n) is 11.5. The third kappa shape index (κ3) is 4.27. The Bertz CT molecular complexity index is 1290. The van der Waals surface area contributed by atoms with E-state index in [4.69, 9.17) is 10.7 Å². The van der Waals surface area contributed by atoms with Crippen LogP contribution in [0.25, 0.3) is 5.70 Å². The molecule has 0 fully saturated rings. The van der Waals surface area contributed by atoms with Gasteiger partial charge in [0, 0.05) is 17.2 Å². The molecule has 3 aromatic rings. The van der Waals surface area contributed by atoms with Gasteiger partial charge in [0.05, 0.1) is 5.70 Å². The van der Waals surface area contributed by atoms with E-state index in [1.807, 2.05) is 30.3 Å². The van der Waals surface area contributed by atoms with Crippen LogP contribution in [0.15, 0.2) is 95.0 Å². The lowest BCUT2D eigenvalue weighted by atomic mass is 9.77. The van der Waals surface area contributed by atoms with E-state index in [1.165, 1.54) is 11.1 Å². The van der Waals surface area contributed by atoms with E-state index < -0.39 is 0 Å². The highest BCUT2D eigenvalue weighted by molar-refractivity contribution is 6.10. The van der Waals surface area contributed by atoms with Crippen LogP contribution in [0.4, 0.5) is 10.1 Å². The van der Waals surface area contributed by atoms with E-state index in [1.54, 1.807) is 12.1 Å². The van der Waals surface area contributed by atoms with E-state index in [-0.39, 0.29) is 11.7 Å². The van der Waals surface area contributed by atoms with Crippen molar-refractivity contribution in [1.82, 2.24) is 0 Å². The molecule has 0 spiro atoms. The maximum Gasteiger partial charge on any atom is 0.133 e. The van der Waals surface area contributed by atoms with Gasteiger partial charge in [0.15, 0.2) is 0 Å². The molecule has 5 rings (SSSR count). The van der Waals surface area contributed by atoms with Gasteiger partial charge in [-0.3, -0.25) is 0 Å². The van der Waals surface area contributed by atoms with Crippen molar-refractivity contribution in [3.8, 4) is 0 Å². The Morgan fingerprint density at radius 2 is 1.79 bits per heavy atom. The molecule has 1 atom stereocenters. The SMILES string of the molecule is CC1=CCC2=C(N=C1Nc1cccc(CCN)c1)c1ccccc1C(c1ccccc1F)C2. The monoisotopic (exact) mass is 437 g/mol. The number of nitrogens with one attached hydrogen (secondary N) is 1. The summed E-state index contributed by atoms with van der Waals surface area (Å²) in [5.74, 6) is 0.696. The average molecular weight is 438 g/mol. The van der Waals surface area contributed by atoms with Crippen LogP contribution in [0, 0.1) is 5.82 Å². The minimum atomic E-state index is -0.148. The van der Waals surface area contributed by atoms with Gasteiger partial charge in [-0.25, -0.2) is 9.38 Å². The molecule has 3 aromatic carbocycles. The van der Waals surface area contributed by atoms with Gasteiger partial charge in [-0.1, -0.05) is 60.7 Å². The fourth-order valence-electron chi connectivity index (χ4n) is 4.82. The highest BCUT2D eigenvalue weighted by Gasteiger charge is 2.30. The average Bonchev–Trinajstić information content (AvgIpc) is 2.98. The van der Waals surface area contributed by atoms with E-state index in [0.29, 0.717) is 6.54 Å². The number of hydrogen-bond donors (Lipinski definition) is 2. The summed E-state index contributed by atoms with van der Waals surface area (Å²) in [4.78, 5) is 5.14.